The topological polar surface area (TPSA) is 58.5 Å². The molecule has 0 aromatic rings. The van der Waals surface area contributed by atoms with Gasteiger partial charge in [-0.15, -0.1) is 0 Å². The molecule has 1 saturated heterocycles. The third-order valence-corrected chi connectivity index (χ3v) is 1.83. The number of hydrogen-bond donors (Lipinski definition) is 2. The first-order valence-corrected chi connectivity index (χ1v) is 4.59. The molecule has 74 valence electrons. The van der Waals surface area contributed by atoms with Gasteiger partial charge >= 0.3 is 0 Å². The molecule has 1 aliphatic rings. The normalized spacial score (nSPS) is 20.0. The van der Waals surface area contributed by atoms with E-state index in [0.29, 0.717) is 0 Å². The fraction of sp³-hybridized carbons (Fsp3) is 1.00. The summed E-state index contributed by atoms with van der Waals surface area (Å²) >= 11 is 0. The van der Waals surface area contributed by atoms with Crippen LogP contribution in [0.2, 0.25) is 0 Å². The van der Waals surface area contributed by atoms with Crippen LogP contribution in [-0.2, 0) is 0 Å². The van der Waals surface area contributed by atoms with Crippen molar-refractivity contribution in [2.75, 3.05) is 39.8 Å². The van der Waals surface area contributed by atoms with Crippen LogP contribution < -0.4 is 11.6 Å². The van der Waals surface area contributed by atoms with Crippen molar-refractivity contribution in [2.24, 2.45) is 11.6 Å². The largest absolute Gasteiger partial charge is 0.330 e. The Balaban J connectivity index is 0.000000261. The Hall–Kier alpha value is -0.160. The second kappa shape index (κ2) is 7.49. The molecule has 12 heavy (non-hydrogen) atoms. The van der Waals surface area contributed by atoms with Gasteiger partial charge in [-0.2, -0.15) is 0 Å². The monoisotopic (exact) mass is 174 g/mol. The molecule has 1 fully saturated rings. The Morgan fingerprint density at radius 3 is 1.83 bits per heavy atom. The highest BCUT2D eigenvalue weighted by Gasteiger charge is 2.08. The lowest BCUT2D eigenvalue weighted by Gasteiger charge is -2.28. The van der Waals surface area contributed by atoms with E-state index >= 15 is 0 Å². The molecule has 0 aromatic heterocycles. The van der Waals surface area contributed by atoms with E-state index in [2.05, 4.69) is 18.9 Å². The van der Waals surface area contributed by atoms with Crippen LogP contribution in [0.1, 0.15) is 13.3 Å². The van der Waals surface area contributed by atoms with Gasteiger partial charge in [-0.05, 0) is 20.0 Å². The molecule has 0 atom stereocenters. The fourth-order valence-electron chi connectivity index (χ4n) is 0.822. The van der Waals surface area contributed by atoms with Gasteiger partial charge < -0.3 is 10.6 Å². The Morgan fingerprint density at radius 1 is 1.17 bits per heavy atom. The molecule has 1 aliphatic heterocycles. The lowest BCUT2D eigenvalue weighted by Crippen LogP contribution is -2.47. The molecular weight excluding hydrogens is 152 g/mol. The van der Waals surface area contributed by atoms with Crippen LogP contribution in [0.25, 0.3) is 0 Å². The second-order valence-electron chi connectivity index (χ2n) is 3.13. The summed E-state index contributed by atoms with van der Waals surface area (Å²) in [5, 5.41) is 1.86. The van der Waals surface area contributed by atoms with Crippen molar-refractivity contribution in [3.8, 4) is 0 Å². The summed E-state index contributed by atoms with van der Waals surface area (Å²) in [6, 6.07) is 0. The molecule has 4 nitrogen and oxygen atoms in total. The van der Waals surface area contributed by atoms with E-state index in [1.54, 1.807) is 0 Å². The van der Waals surface area contributed by atoms with Gasteiger partial charge in [0.25, 0.3) is 0 Å². The van der Waals surface area contributed by atoms with Crippen molar-refractivity contribution in [2.45, 2.75) is 13.3 Å². The van der Waals surface area contributed by atoms with Crippen molar-refractivity contribution in [3.63, 3.8) is 0 Å². The van der Waals surface area contributed by atoms with E-state index in [1.165, 1.54) is 0 Å². The van der Waals surface area contributed by atoms with Crippen molar-refractivity contribution < 1.29 is 0 Å². The minimum Gasteiger partial charge on any atom is -0.330 e. The summed E-state index contributed by atoms with van der Waals surface area (Å²) in [5.41, 5.74) is 5.03. The summed E-state index contributed by atoms with van der Waals surface area (Å²) in [5.74, 6) is 5.50. The molecule has 0 aliphatic carbocycles. The lowest BCUT2D eigenvalue weighted by molar-refractivity contribution is 0.156. The highest BCUT2D eigenvalue weighted by molar-refractivity contribution is 4.63. The quantitative estimate of drug-likeness (QED) is 0.524. The highest BCUT2D eigenvalue weighted by Crippen LogP contribution is 1.91. The maximum absolute atomic E-state index is 5.50. The maximum Gasteiger partial charge on any atom is 0.0256 e. The van der Waals surface area contributed by atoms with Gasteiger partial charge in [0.2, 0.25) is 0 Å². The molecule has 0 aromatic carbocycles. The standard InChI is InChI=1S/C5H13N3.C3H9N/c1-7-2-4-8(6)5-3-7;1-2-3-4/h2-6H2,1H3;2-4H2,1H3. The van der Waals surface area contributed by atoms with Gasteiger partial charge in [-0.25, -0.2) is 5.01 Å². The minimum absolute atomic E-state index is 0.819. The molecule has 1 rings (SSSR count). The minimum atomic E-state index is 0.819. The fourth-order valence-corrected chi connectivity index (χ4v) is 0.822. The first-order valence-electron chi connectivity index (χ1n) is 4.59. The molecule has 0 bridgehead atoms. The summed E-state index contributed by atoms with van der Waals surface area (Å²) in [6.07, 6.45) is 1.10. The molecular formula is C8H22N4. The molecule has 0 saturated carbocycles. The number of nitrogens with two attached hydrogens (primary N) is 2. The van der Waals surface area contributed by atoms with Gasteiger partial charge in [-0.1, -0.05) is 6.92 Å². The van der Waals surface area contributed by atoms with E-state index in [0.717, 1.165) is 39.1 Å². The summed E-state index contributed by atoms with van der Waals surface area (Å²) in [4.78, 5) is 2.28. The number of nitrogens with zero attached hydrogens (tertiary/aromatic N) is 2. The van der Waals surface area contributed by atoms with Crippen LogP contribution >= 0.6 is 0 Å². The van der Waals surface area contributed by atoms with Crippen molar-refractivity contribution in [1.82, 2.24) is 9.91 Å². The Morgan fingerprint density at radius 2 is 1.58 bits per heavy atom. The maximum atomic E-state index is 5.50. The Bertz CT molecular complexity index is 77.1. The van der Waals surface area contributed by atoms with E-state index in [1.807, 2.05) is 5.01 Å². The molecule has 0 unspecified atom stereocenters. The van der Waals surface area contributed by atoms with Crippen LogP contribution in [0.4, 0.5) is 0 Å². The second-order valence-corrected chi connectivity index (χ2v) is 3.13. The summed E-state index contributed by atoms with van der Waals surface area (Å²) in [6.45, 7) is 7.11. The van der Waals surface area contributed by atoms with Crippen LogP contribution in [0.5, 0.6) is 0 Å². The smallest absolute Gasteiger partial charge is 0.0256 e. The lowest BCUT2D eigenvalue weighted by atomic mass is 10.4. The molecule has 1 heterocycles. The van der Waals surface area contributed by atoms with E-state index in [4.69, 9.17) is 11.6 Å². The van der Waals surface area contributed by atoms with Crippen LogP contribution in [0.15, 0.2) is 0 Å². The Labute approximate surface area is 75.5 Å². The molecule has 0 spiro atoms. The van der Waals surface area contributed by atoms with Crippen molar-refractivity contribution >= 4 is 0 Å². The number of piperazine rings is 1. The highest BCUT2D eigenvalue weighted by atomic mass is 15.4. The third-order valence-electron chi connectivity index (χ3n) is 1.83. The summed E-state index contributed by atoms with van der Waals surface area (Å²) in [7, 11) is 2.12. The van der Waals surface area contributed by atoms with Crippen molar-refractivity contribution in [3.05, 3.63) is 0 Å². The molecule has 4 heteroatoms. The first-order chi connectivity index (χ1) is 5.70. The molecule has 4 N–H and O–H groups in total. The van der Waals surface area contributed by atoms with E-state index in [9.17, 15) is 0 Å². The number of rotatable bonds is 1. The zero-order valence-electron chi connectivity index (χ0n) is 8.29. The van der Waals surface area contributed by atoms with Gasteiger partial charge in [-0.3, -0.25) is 5.84 Å². The molecule has 0 amide bonds. The number of likely N-dealkylation sites (N-methyl/N-ethyl adjacent to an activating group) is 1. The predicted octanol–water partition coefficient (Wildman–Crippen LogP) is -0.537. The van der Waals surface area contributed by atoms with Crippen LogP contribution in [0, 0.1) is 0 Å². The average molecular weight is 174 g/mol. The SMILES string of the molecule is CCCN.CN1CCN(N)CC1. The van der Waals surface area contributed by atoms with E-state index < -0.39 is 0 Å². The van der Waals surface area contributed by atoms with Gasteiger partial charge in [0, 0.05) is 26.2 Å². The van der Waals surface area contributed by atoms with E-state index in [-0.39, 0.29) is 0 Å². The number of hydrazine groups is 1. The van der Waals surface area contributed by atoms with Crippen LogP contribution in [-0.4, -0.2) is 49.7 Å². The predicted molar refractivity (Wildman–Crippen MR) is 52.6 cm³/mol. The Kier molecular flexibility index (Phi) is 7.39. The van der Waals surface area contributed by atoms with Gasteiger partial charge in [0.1, 0.15) is 0 Å². The van der Waals surface area contributed by atoms with Crippen molar-refractivity contribution in [1.29, 1.82) is 0 Å². The van der Waals surface area contributed by atoms with Crippen LogP contribution in [0.3, 0.4) is 0 Å². The zero-order chi connectivity index (χ0) is 9.40. The number of hydrogen-bond acceptors (Lipinski definition) is 4. The molecule has 0 radical (unpaired) electrons. The summed E-state index contributed by atoms with van der Waals surface area (Å²) < 4.78 is 0. The first kappa shape index (κ1) is 11.8. The van der Waals surface area contributed by atoms with Gasteiger partial charge in [0.15, 0.2) is 0 Å². The average Bonchev–Trinajstić information content (AvgIpc) is 2.11. The third kappa shape index (κ3) is 6.54. The zero-order valence-corrected chi connectivity index (χ0v) is 8.29. The van der Waals surface area contributed by atoms with Gasteiger partial charge in [0.05, 0.1) is 0 Å².